The molecule has 114 valence electrons. The summed E-state index contributed by atoms with van der Waals surface area (Å²) in [7, 11) is 0. The van der Waals surface area contributed by atoms with Crippen molar-refractivity contribution < 1.29 is 9.47 Å². The molecule has 2 rings (SSSR count). The van der Waals surface area contributed by atoms with Crippen LogP contribution in [0.15, 0.2) is 40.2 Å². The van der Waals surface area contributed by atoms with E-state index in [0.717, 1.165) is 27.3 Å². The maximum atomic E-state index is 6.26. The first-order chi connectivity index (χ1) is 10.2. The SMILES string of the molecule is CCOc1ccccc1OC(c1cc(Br)cs1)C(N)CC. The molecule has 1 aromatic carbocycles. The zero-order chi connectivity index (χ0) is 15.2. The lowest BCUT2D eigenvalue weighted by Crippen LogP contribution is -2.31. The molecule has 0 spiro atoms. The van der Waals surface area contributed by atoms with Crippen LogP contribution in [0.25, 0.3) is 0 Å². The van der Waals surface area contributed by atoms with Crippen LogP contribution in [0.1, 0.15) is 31.2 Å². The van der Waals surface area contributed by atoms with Crippen LogP contribution < -0.4 is 15.2 Å². The Labute approximate surface area is 138 Å². The molecule has 3 nitrogen and oxygen atoms in total. The molecule has 0 saturated carbocycles. The van der Waals surface area contributed by atoms with Gasteiger partial charge in [0.1, 0.15) is 6.10 Å². The van der Waals surface area contributed by atoms with E-state index < -0.39 is 0 Å². The normalized spacial score (nSPS) is 13.7. The van der Waals surface area contributed by atoms with Crippen molar-refractivity contribution in [3.8, 4) is 11.5 Å². The topological polar surface area (TPSA) is 44.5 Å². The minimum atomic E-state index is -0.173. The van der Waals surface area contributed by atoms with E-state index in [9.17, 15) is 0 Å². The van der Waals surface area contributed by atoms with Gasteiger partial charge in [-0.3, -0.25) is 0 Å². The fourth-order valence-electron chi connectivity index (χ4n) is 2.01. The van der Waals surface area contributed by atoms with Crippen LogP contribution in [-0.4, -0.2) is 12.6 Å². The number of halogens is 1. The molecule has 0 radical (unpaired) electrons. The highest BCUT2D eigenvalue weighted by atomic mass is 79.9. The number of hydrogen-bond acceptors (Lipinski definition) is 4. The molecule has 2 atom stereocenters. The highest BCUT2D eigenvalue weighted by Crippen LogP contribution is 2.35. The molecule has 0 saturated heterocycles. The number of hydrogen-bond donors (Lipinski definition) is 1. The second kappa shape index (κ2) is 7.82. The van der Waals surface area contributed by atoms with Gasteiger partial charge in [-0.1, -0.05) is 19.1 Å². The lowest BCUT2D eigenvalue weighted by Gasteiger charge is -2.24. The van der Waals surface area contributed by atoms with Gasteiger partial charge in [-0.25, -0.2) is 0 Å². The predicted octanol–water partition coefficient (Wildman–Crippen LogP) is 4.77. The third-order valence-corrected chi connectivity index (χ3v) is 4.89. The maximum absolute atomic E-state index is 6.26. The molecule has 0 aliphatic rings. The monoisotopic (exact) mass is 369 g/mol. The van der Waals surface area contributed by atoms with E-state index in [-0.39, 0.29) is 12.1 Å². The van der Waals surface area contributed by atoms with Crippen LogP contribution in [0, 0.1) is 0 Å². The van der Waals surface area contributed by atoms with Crippen LogP contribution in [-0.2, 0) is 0 Å². The van der Waals surface area contributed by atoms with Gasteiger partial charge in [-0.15, -0.1) is 11.3 Å². The van der Waals surface area contributed by atoms with Crippen molar-refractivity contribution in [1.82, 2.24) is 0 Å². The summed E-state index contributed by atoms with van der Waals surface area (Å²) in [5.41, 5.74) is 6.26. The zero-order valence-electron chi connectivity index (χ0n) is 12.2. The second-order valence-electron chi connectivity index (χ2n) is 4.66. The third-order valence-electron chi connectivity index (χ3n) is 3.13. The van der Waals surface area contributed by atoms with Crippen molar-refractivity contribution in [1.29, 1.82) is 0 Å². The summed E-state index contributed by atoms with van der Waals surface area (Å²) in [6.45, 7) is 4.63. The van der Waals surface area contributed by atoms with Crippen molar-refractivity contribution in [2.45, 2.75) is 32.4 Å². The summed E-state index contributed by atoms with van der Waals surface area (Å²) in [6.07, 6.45) is 0.671. The van der Waals surface area contributed by atoms with Crippen molar-refractivity contribution in [3.63, 3.8) is 0 Å². The van der Waals surface area contributed by atoms with Gasteiger partial charge in [0, 0.05) is 20.8 Å². The van der Waals surface area contributed by atoms with Gasteiger partial charge in [-0.2, -0.15) is 0 Å². The molecule has 5 heteroatoms. The zero-order valence-corrected chi connectivity index (χ0v) is 14.6. The maximum Gasteiger partial charge on any atom is 0.162 e. The average molecular weight is 370 g/mol. The van der Waals surface area contributed by atoms with Crippen LogP contribution in [0.3, 0.4) is 0 Å². The Morgan fingerprint density at radius 2 is 1.95 bits per heavy atom. The van der Waals surface area contributed by atoms with E-state index in [2.05, 4.69) is 28.9 Å². The lowest BCUT2D eigenvalue weighted by molar-refractivity contribution is 0.165. The molecule has 0 bridgehead atoms. The molecule has 0 aliphatic carbocycles. The summed E-state index contributed by atoms with van der Waals surface area (Å²) < 4.78 is 12.9. The Balaban J connectivity index is 2.27. The standard InChI is InChI=1S/C16H20BrNO2S/c1-3-12(18)16(15-9-11(17)10-21-15)20-14-8-6-5-7-13(14)19-4-2/h5-10,12,16H,3-4,18H2,1-2H3. The minimum absolute atomic E-state index is 0.0646. The second-order valence-corrected chi connectivity index (χ2v) is 6.52. The first kappa shape index (κ1) is 16.3. The van der Waals surface area contributed by atoms with E-state index in [1.54, 1.807) is 11.3 Å². The van der Waals surface area contributed by atoms with Crippen molar-refractivity contribution in [3.05, 3.63) is 45.1 Å². The molecule has 0 aliphatic heterocycles. The molecule has 0 fully saturated rings. The largest absolute Gasteiger partial charge is 0.490 e. The Bertz CT molecular complexity index is 573. The van der Waals surface area contributed by atoms with E-state index in [1.165, 1.54) is 0 Å². The number of benzene rings is 1. The van der Waals surface area contributed by atoms with E-state index in [4.69, 9.17) is 15.2 Å². The Hall–Kier alpha value is -1.04. The van der Waals surface area contributed by atoms with Crippen LogP contribution in [0.4, 0.5) is 0 Å². The molecule has 1 aromatic heterocycles. The Kier molecular flexibility index (Phi) is 6.08. The summed E-state index contributed by atoms with van der Waals surface area (Å²) in [5, 5.41) is 2.04. The number of rotatable bonds is 7. The van der Waals surface area contributed by atoms with Gasteiger partial charge in [-0.05, 0) is 47.5 Å². The molecule has 2 aromatic rings. The molecule has 2 unspecified atom stereocenters. The Morgan fingerprint density at radius 3 is 2.52 bits per heavy atom. The van der Waals surface area contributed by atoms with E-state index in [1.807, 2.05) is 36.6 Å². The number of thiophene rings is 1. The van der Waals surface area contributed by atoms with E-state index in [0.29, 0.717) is 6.61 Å². The average Bonchev–Trinajstić information content (AvgIpc) is 2.92. The van der Waals surface area contributed by atoms with Gasteiger partial charge >= 0.3 is 0 Å². The van der Waals surface area contributed by atoms with Crippen LogP contribution >= 0.6 is 27.3 Å². The first-order valence-electron chi connectivity index (χ1n) is 7.03. The van der Waals surface area contributed by atoms with Gasteiger partial charge in [0.15, 0.2) is 11.5 Å². The number of ether oxygens (including phenoxy) is 2. The van der Waals surface area contributed by atoms with Gasteiger partial charge in [0.05, 0.1) is 6.61 Å². The molecular weight excluding hydrogens is 350 g/mol. The minimum Gasteiger partial charge on any atom is -0.490 e. The fraction of sp³-hybridized carbons (Fsp3) is 0.375. The summed E-state index contributed by atoms with van der Waals surface area (Å²) in [5.74, 6) is 1.49. The highest BCUT2D eigenvalue weighted by molar-refractivity contribution is 9.10. The fourth-order valence-corrected chi connectivity index (χ4v) is 3.55. The predicted molar refractivity (Wildman–Crippen MR) is 91.3 cm³/mol. The molecule has 1 heterocycles. The molecule has 21 heavy (non-hydrogen) atoms. The molecular formula is C16H20BrNO2S. The van der Waals surface area contributed by atoms with Gasteiger partial charge in [0.25, 0.3) is 0 Å². The molecule has 0 amide bonds. The smallest absolute Gasteiger partial charge is 0.162 e. The summed E-state index contributed by atoms with van der Waals surface area (Å²) in [4.78, 5) is 1.11. The van der Waals surface area contributed by atoms with Crippen molar-refractivity contribution in [2.75, 3.05) is 6.61 Å². The van der Waals surface area contributed by atoms with Crippen LogP contribution in [0.5, 0.6) is 11.5 Å². The first-order valence-corrected chi connectivity index (χ1v) is 8.71. The summed E-state index contributed by atoms with van der Waals surface area (Å²) in [6, 6.07) is 9.71. The van der Waals surface area contributed by atoms with Gasteiger partial charge in [0.2, 0.25) is 0 Å². The van der Waals surface area contributed by atoms with Crippen LogP contribution in [0.2, 0.25) is 0 Å². The lowest BCUT2D eigenvalue weighted by atomic mass is 10.1. The van der Waals surface area contributed by atoms with Gasteiger partial charge < -0.3 is 15.2 Å². The Morgan fingerprint density at radius 1 is 1.24 bits per heavy atom. The highest BCUT2D eigenvalue weighted by Gasteiger charge is 2.23. The number of para-hydroxylation sites is 2. The van der Waals surface area contributed by atoms with E-state index >= 15 is 0 Å². The summed E-state index contributed by atoms with van der Waals surface area (Å²) >= 11 is 5.13. The molecule has 2 N–H and O–H groups in total. The quantitative estimate of drug-likeness (QED) is 0.764. The number of nitrogens with two attached hydrogens (primary N) is 1. The third kappa shape index (κ3) is 4.22. The van der Waals surface area contributed by atoms with Crippen molar-refractivity contribution >= 4 is 27.3 Å². The van der Waals surface area contributed by atoms with Crippen molar-refractivity contribution in [2.24, 2.45) is 5.73 Å².